The molecule has 1 atom stereocenters. The fourth-order valence-corrected chi connectivity index (χ4v) is 3.56. The first-order valence-electron chi connectivity index (χ1n) is 8.20. The van der Waals surface area contributed by atoms with Crippen molar-refractivity contribution in [3.8, 4) is 5.75 Å². The summed E-state index contributed by atoms with van der Waals surface area (Å²) in [6.45, 7) is 0. The zero-order chi connectivity index (χ0) is 19.4. The Morgan fingerprint density at radius 2 is 1.96 bits per heavy atom. The number of anilines is 1. The molecular formula is C19H18FN3O3S. The highest BCUT2D eigenvalue weighted by Gasteiger charge is 2.34. The highest BCUT2D eigenvalue weighted by Crippen LogP contribution is 2.32. The van der Waals surface area contributed by atoms with Gasteiger partial charge in [0.25, 0.3) is 0 Å². The molecular weight excluding hydrogens is 369 g/mol. The van der Waals surface area contributed by atoms with Gasteiger partial charge in [0.1, 0.15) is 22.5 Å². The van der Waals surface area contributed by atoms with Crippen LogP contribution in [0.2, 0.25) is 0 Å². The minimum atomic E-state index is -0.707. The number of carbonyl (C=O) groups is 2. The van der Waals surface area contributed by atoms with Crippen LogP contribution in [0, 0.1) is 5.82 Å². The number of methoxy groups -OCH3 is 1. The van der Waals surface area contributed by atoms with E-state index < -0.39 is 17.0 Å². The maximum absolute atomic E-state index is 13.8. The third-order valence-electron chi connectivity index (χ3n) is 3.99. The van der Waals surface area contributed by atoms with Crippen LogP contribution in [-0.2, 0) is 9.59 Å². The largest absolute Gasteiger partial charge is 0.494 e. The normalized spacial score (nSPS) is 18.5. The molecule has 3 rings (SSSR count). The number of halogens is 1. The Morgan fingerprint density at radius 1 is 1.26 bits per heavy atom. The van der Waals surface area contributed by atoms with Crippen LogP contribution >= 0.6 is 11.8 Å². The van der Waals surface area contributed by atoms with Gasteiger partial charge in [0, 0.05) is 13.5 Å². The van der Waals surface area contributed by atoms with Gasteiger partial charge in [-0.05, 0) is 24.3 Å². The van der Waals surface area contributed by atoms with Crippen LogP contribution < -0.4 is 10.1 Å². The van der Waals surface area contributed by atoms with Crippen LogP contribution in [0.5, 0.6) is 5.75 Å². The Kier molecular flexibility index (Phi) is 5.75. The lowest BCUT2D eigenvalue weighted by Gasteiger charge is -2.29. The molecule has 1 aliphatic heterocycles. The van der Waals surface area contributed by atoms with Crippen LogP contribution in [0.4, 0.5) is 15.8 Å². The smallest absolute Gasteiger partial charge is 0.238 e. The van der Waals surface area contributed by atoms with Crippen LogP contribution in [0.15, 0.2) is 53.5 Å². The monoisotopic (exact) mass is 387 g/mol. The summed E-state index contributed by atoms with van der Waals surface area (Å²) >= 11 is 1.16. The lowest BCUT2D eigenvalue weighted by molar-refractivity contribution is -0.128. The Labute approximate surface area is 160 Å². The van der Waals surface area contributed by atoms with Gasteiger partial charge in [-0.2, -0.15) is 0 Å². The Bertz CT molecular complexity index is 903. The highest BCUT2D eigenvalue weighted by molar-refractivity contribution is 8.15. The molecule has 140 valence electrons. The zero-order valence-electron chi connectivity index (χ0n) is 14.8. The van der Waals surface area contributed by atoms with Gasteiger partial charge in [-0.3, -0.25) is 14.5 Å². The van der Waals surface area contributed by atoms with Crippen molar-refractivity contribution in [2.24, 2.45) is 4.99 Å². The van der Waals surface area contributed by atoms with Crippen molar-refractivity contribution >= 4 is 40.1 Å². The fraction of sp³-hybridized carbons (Fsp3) is 0.211. The molecule has 6 nitrogen and oxygen atoms in total. The highest BCUT2D eigenvalue weighted by atomic mass is 32.2. The van der Waals surface area contributed by atoms with Crippen LogP contribution in [0.3, 0.4) is 0 Å². The van der Waals surface area contributed by atoms with Gasteiger partial charge in [0.2, 0.25) is 11.8 Å². The van der Waals surface area contributed by atoms with Crippen LogP contribution in [0.25, 0.3) is 0 Å². The van der Waals surface area contributed by atoms with Gasteiger partial charge < -0.3 is 10.1 Å². The van der Waals surface area contributed by atoms with Gasteiger partial charge in [0.15, 0.2) is 5.17 Å². The van der Waals surface area contributed by atoms with Crippen molar-refractivity contribution in [2.45, 2.75) is 11.7 Å². The third-order valence-corrected chi connectivity index (χ3v) is 5.24. The van der Waals surface area contributed by atoms with E-state index in [0.717, 1.165) is 11.8 Å². The molecule has 2 amide bonds. The summed E-state index contributed by atoms with van der Waals surface area (Å²) in [6, 6.07) is 13.0. The summed E-state index contributed by atoms with van der Waals surface area (Å²) in [5.41, 5.74) is 0.634. The van der Waals surface area contributed by atoms with E-state index in [4.69, 9.17) is 4.74 Å². The molecule has 0 radical (unpaired) electrons. The van der Waals surface area contributed by atoms with Crippen molar-refractivity contribution in [3.05, 3.63) is 54.3 Å². The number of thioether (sulfide) groups is 1. The molecule has 1 fully saturated rings. The molecule has 0 unspecified atom stereocenters. The van der Waals surface area contributed by atoms with E-state index in [1.807, 2.05) is 6.07 Å². The molecule has 1 N–H and O–H groups in total. The second kappa shape index (κ2) is 8.22. The maximum atomic E-state index is 13.8. The summed E-state index contributed by atoms with van der Waals surface area (Å²) in [7, 11) is 3.14. The van der Waals surface area contributed by atoms with E-state index >= 15 is 0 Å². The van der Waals surface area contributed by atoms with Crippen molar-refractivity contribution < 1.29 is 18.7 Å². The number of para-hydroxylation sites is 3. The molecule has 0 spiro atoms. The van der Waals surface area contributed by atoms with E-state index in [2.05, 4.69) is 10.3 Å². The number of nitrogens with zero attached hydrogens (tertiary/aromatic N) is 2. The van der Waals surface area contributed by atoms with Crippen LogP contribution in [-0.4, -0.2) is 41.3 Å². The fourth-order valence-electron chi connectivity index (χ4n) is 2.50. The average molecular weight is 387 g/mol. The minimum Gasteiger partial charge on any atom is -0.494 e. The number of hydrogen-bond acceptors (Lipinski definition) is 5. The van der Waals surface area contributed by atoms with E-state index in [-0.39, 0.29) is 18.0 Å². The lowest BCUT2D eigenvalue weighted by atomic mass is 10.2. The van der Waals surface area contributed by atoms with Gasteiger partial charge in [-0.1, -0.05) is 36.0 Å². The summed E-state index contributed by atoms with van der Waals surface area (Å²) in [5.74, 6) is -0.655. The van der Waals surface area contributed by atoms with Crippen molar-refractivity contribution in [3.63, 3.8) is 0 Å². The van der Waals surface area contributed by atoms with Crippen molar-refractivity contribution in [2.75, 3.05) is 19.5 Å². The topological polar surface area (TPSA) is 71.0 Å². The molecule has 0 saturated carbocycles. The predicted molar refractivity (Wildman–Crippen MR) is 104 cm³/mol. The quantitative estimate of drug-likeness (QED) is 0.873. The van der Waals surface area contributed by atoms with Gasteiger partial charge in [-0.15, -0.1) is 0 Å². The maximum Gasteiger partial charge on any atom is 0.238 e. The number of amides is 2. The standard InChI is InChI=1S/C19H18FN3O3S/c1-23-17(24)11-16(18(25)21-13-8-4-3-7-12(13)20)27-19(23)22-14-9-5-6-10-15(14)26-2/h3-10,16H,11H2,1-2H3,(H,21,25)/t16-/m0/s1. The molecule has 2 aromatic rings. The first-order chi connectivity index (χ1) is 13.0. The summed E-state index contributed by atoms with van der Waals surface area (Å²) in [4.78, 5) is 30.8. The Balaban J connectivity index is 1.83. The zero-order valence-corrected chi connectivity index (χ0v) is 15.6. The molecule has 27 heavy (non-hydrogen) atoms. The number of ether oxygens (including phenoxy) is 1. The predicted octanol–water partition coefficient (Wildman–Crippen LogP) is 3.42. The minimum absolute atomic E-state index is 0.00635. The van der Waals surface area contributed by atoms with Crippen molar-refractivity contribution in [1.82, 2.24) is 4.90 Å². The number of amidine groups is 1. The Morgan fingerprint density at radius 3 is 2.70 bits per heavy atom. The average Bonchev–Trinajstić information content (AvgIpc) is 2.67. The molecule has 1 aliphatic rings. The van der Waals surface area contributed by atoms with Crippen molar-refractivity contribution in [1.29, 1.82) is 0 Å². The molecule has 2 aromatic carbocycles. The number of benzene rings is 2. The summed E-state index contributed by atoms with van der Waals surface area (Å²) in [5, 5.41) is 2.21. The number of aliphatic imine (C=N–C) groups is 1. The van der Waals surface area contributed by atoms with E-state index in [1.54, 1.807) is 31.3 Å². The van der Waals surface area contributed by atoms with Crippen LogP contribution in [0.1, 0.15) is 6.42 Å². The third kappa shape index (κ3) is 4.28. The number of nitrogens with one attached hydrogen (secondary N) is 1. The first kappa shape index (κ1) is 18.9. The second-order valence-corrected chi connectivity index (χ2v) is 6.97. The SMILES string of the molecule is COc1ccccc1N=C1S[C@H](C(=O)Nc2ccccc2F)CC(=O)N1C. The van der Waals surface area contributed by atoms with Gasteiger partial charge in [-0.25, -0.2) is 9.38 Å². The number of hydrogen-bond donors (Lipinski definition) is 1. The molecule has 0 bridgehead atoms. The summed E-state index contributed by atoms with van der Waals surface area (Å²) < 4.78 is 19.0. The van der Waals surface area contributed by atoms with Gasteiger partial charge >= 0.3 is 0 Å². The second-order valence-electron chi connectivity index (χ2n) is 5.80. The van der Waals surface area contributed by atoms with Gasteiger partial charge in [0.05, 0.1) is 12.8 Å². The molecule has 8 heteroatoms. The van der Waals surface area contributed by atoms with E-state index in [1.165, 1.54) is 30.2 Å². The first-order valence-corrected chi connectivity index (χ1v) is 9.08. The molecule has 1 saturated heterocycles. The number of carbonyl (C=O) groups excluding carboxylic acids is 2. The Hall–Kier alpha value is -2.87. The van der Waals surface area contributed by atoms with E-state index in [9.17, 15) is 14.0 Å². The molecule has 0 aromatic heterocycles. The van der Waals surface area contributed by atoms with E-state index in [0.29, 0.717) is 16.6 Å². The molecule has 0 aliphatic carbocycles. The molecule has 1 heterocycles. The lowest BCUT2D eigenvalue weighted by Crippen LogP contribution is -2.43. The summed E-state index contributed by atoms with van der Waals surface area (Å²) in [6.07, 6.45) is 0.00635. The number of rotatable bonds is 4.